The minimum Gasteiger partial charge on any atom is -0.489 e. The third kappa shape index (κ3) is 5.94. The summed E-state index contributed by atoms with van der Waals surface area (Å²) in [5, 5.41) is 4.69. The highest BCUT2D eigenvalue weighted by atomic mass is 79.9. The molecule has 0 atom stereocenters. The Kier molecular flexibility index (Phi) is 6.63. The highest BCUT2D eigenvalue weighted by Crippen LogP contribution is 2.15. The molecular formula is C21H16BrClN2O2. The number of hydrogen-bond donors (Lipinski definition) is 1. The van der Waals surface area contributed by atoms with Gasteiger partial charge in [-0.25, -0.2) is 5.43 Å². The maximum Gasteiger partial charge on any atom is 0.271 e. The van der Waals surface area contributed by atoms with Crippen molar-refractivity contribution in [1.29, 1.82) is 0 Å². The molecule has 0 bridgehead atoms. The van der Waals surface area contributed by atoms with Gasteiger partial charge in [0, 0.05) is 15.1 Å². The summed E-state index contributed by atoms with van der Waals surface area (Å²) in [5.41, 5.74) is 4.94. The Bertz CT molecular complexity index is 941. The second-order valence-electron chi connectivity index (χ2n) is 5.69. The molecule has 0 aliphatic heterocycles. The van der Waals surface area contributed by atoms with E-state index in [9.17, 15) is 4.79 Å². The SMILES string of the molecule is O=C(N/N=C/c1ccc(OCc2ccc(Cl)cc2)cc1)c1cccc(Br)c1. The summed E-state index contributed by atoms with van der Waals surface area (Å²) in [5.74, 6) is 0.482. The molecule has 0 aliphatic rings. The van der Waals surface area contributed by atoms with Gasteiger partial charge in [0.1, 0.15) is 12.4 Å². The molecule has 0 radical (unpaired) electrons. The van der Waals surface area contributed by atoms with Gasteiger partial charge in [0.25, 0.3) is 5.91 Å². The van der Waals surface area contributed by atoms with Crippen molar-refractivity contribution in [3.05, 3.63) is 99.0 Å². The molecule has 0 heterocycles. The first kappa shape index (κ1) is 19.1. The molecule has 136 valence electrons. The lowest BCUT2D eigenvalue weighted by Crippen LogP contribution is -2.17. The fourth-order valence-electron chi connectivity index (χ4n) is 2.26. The molecular weight excluding hydrogens is 428 g/mol. The van der Waals surface area contributed by atoms with Crippen LogP contribution in [0.4, 0.5) is 0 Å². The Morgan fingerprint density at radius 1 is 1.07 bits per heavy atom. The number of carbonyl (C=O) groups is 1. The number of ether oxygens (including phenoxy) is 1. The highest BCUT2D eigenvalue weighted by Gasteiger charge is 2.03. The summed E-state index contributed by atoms with van der Waals surface area (Å²) in [6.07, 6.45) is 1.58. The molecule has 27 heavy (non-hydrogen) atoms. The van der Waals surface area contributed by atoms with Crippen LogP contribution in [0.5, 0.6) is 5.75 Å². The first-order valence-electron chi connectivity index (χ1n) is 8.16. The van der Waals surface area contributed by atoms with E-state index in [0.717, 1.165) is 21.3 Å². The molecule has 0 saturated heterocycles. The minimum atomic E-state index is -0.268. The van der Waals surface area contributed by atoms with Crippen LogP contribution in [-0.2, 0) is 6.61 Å². The maximum absolute atomic E-state index is 12.0. The van der Waals surface area contributed by atoms with Crippen LogP contribution in [-0.4, -0.2) is 12.1 Å². The largest absolute Gasteiger partial charge is 0.489 e. The van der Waals surface area contributed by atoms with Gasteiger partial charge in [0.2, 0.25) is 0 Å². The normalized spacial score (nSPS) is 10.7. The molecule has 1 amide bonds. The number of halogens is 2. The number of rotatable bonds is 6. The molecule has 1 N–H and O–H groups in total. The zero-order chi connectivity index (χ0) is 19.1. The molecule has 0 unspecified atom stereocenters. The van der Waals surface area contributed by atoms with Gasteiger partial charge in [-0.2, -0.15) is 5.10 Å². The molecule has 0 aliphatic carbocycles. The summed E-state index contributed by atoms with van der Waals surface area (Å²) >= 11 is 9.20. The fraction of sp³-hybridized carbons (Fsp3) is 0.0476. The topological polar surface area (TPSA) is 50.7 Å². The van der Waals surface area contributed by atoms with Crippen LogP contribution in [0, 0.1) is 0 Å². The van der Waals surface area contributed by atoms with Gasteiger partial charge in [-0.15, -0.1) is 0 Å². The van der Waals surface area contributed by atoms with Gasteiger partial charge in [-0.1, -0.05) is 45.7 Å². The summed E-state index contributed by atoms with van der Waals surface area (Å²) in [6, 6.07) is 22.1. The summed E-state index contributed by atoms with van der Waals surface area (Å²) in [6.45, 7) is 0.466. The molecule has 0 saturated carbocycles. The van der Waals surface area contributed by atoms with Crippen LogP contribution < -0.4 is 10.2 Å². The van der Waals surface area contributed by atoms with E-state index < -0.39 is 0 Å². The number of nitrogens with one attached hydrogen (secondary N) is 1. The van der Waals surface area contributed by atoms with Crippen molar-refractivity contribution in [3.63, 3.8) is 0 Å². The minimum absolute atomic E-state index is 0.268. The monoisotopic (exact) mass is 442 g/mol. The summed E-state index contributed by atoms with van der Waals surface area (Å²) < 4.78 is 6.58. The first-order chi connectivity index (χ1) is 13.1. The van der Waals surface area contributed by atoms with Crippen molar-refractivity contribution < 1.29 is 9.53 Å². The Labute approximate surface area is 171 Å². The third-order valence-corrected chi connectivity index (χ3v) is 4.41. The van der Waals surface area contributed by atoms with E-state index in [1.165, 1.54) is 0 Å². The van der Waals surface area contributed by atoms with E-state index in [-0.39, 0.29) is 5.91 Å². The molecule has 0 fully saturated rings. The highest BCUT2D eigenvalue weighted by molar-refractivity contribution is 9.10. The van der Waals surface area contributed by atoms with Gasteiger partial charge in [-0.3, -0.25) is 4.79 Å². The van der Waals surface area contributed by atoms with Crippen LogP contribution in [0.2, 0.25) is 5.02 Å². The predicted molar refractivity (Wildman–Crippen MR) is 111 cm³/mol. The smallest absolute Gasteiger partial charge is 0.271 e. The van der Waals surface area contributed by atoms with Gasteiger partial charge in [0.05, 0.1) is 6.21 Å². The molecule has 3 rings (SSSR count). The van der Waals surface area contributed by atoms with E-state index >= 15 is 0 Å². The number of benzene rings is 3. The Morgan fingerprint density at radius 3 is 2.52 bits per heavy atom. The van der Waals surface area contributed by atoms with Gasteiger partial charge < -0.3 is 4.74 Å². The molecule has 3 aromatic rings. The summed E-state index contributed by atoms with van der Waals surface area (Å²) in [4.78, 5) is 12.0. The predicted octanol–water partition coefficient (Wildman–Crippen LogP) is 5.45. The lowest BCUT2D eigenvalue weighted by molar-refractivity contribution is 0.0955. The molecule has 0 spiro atoms. The van der Waals surface area contributed by atoms with Crippen molar-refractivity contribution in [1.82, 2.24) is 5.43 Å². The zero-order valence-corrected chi connectivity index (χ0v) is 16.6. The second kappa shape index (κ2) is 9.35. The Hall–Kier alpha value is -2.63. The number of carbonyl (C=O) groups excluding carboxylic acids is 1. The van der Waals surface area contributed by atoms with E-state index in [1.807, 2.05) is 54.6 Å². The average Bonchev–Trinajstić information content (AvgIpc) is 2.68. The van der Waals surface area contributed by atoms with E-state index in [1.54, 1.807) is 24.4 Å². The van der Waals surface area contributed by atoms with Crippen molar-refractivity contribution in [3.8, 4) is 5.75 Å². The quantitative estimate of drug-likeness (QED) is 0.407. The number of hydrazone groups is 1. The maximum atomic E-state index is 12.0. The van der Waals surface area contributed by atoms with E-state index in [2.05, 4.69) is 26.5 Å². The van der Waals surface area contributed by atoms with Crippen LogP contribution in [0.1, 0.15) is 21.5 Å². The average molecular weight is 444 g/mol. The van der Waals surface area contributed by atoms with Crippen molar-refractivity contribution in [2.24, 2.45) is 5.10 Å². The van der Waals surface area contributed by atoms with Crippen LogP contribution in [0.15, 0.2) is 82.4 Å². The molecule has 0 aromatic heterocycles. The van der Waals surface area contributed by atoms with Crippen molar-refractivity contribution in [2.75, 3.05) is 0 Å². The number of nitrogens with zero attached hydrogens (tertiary/aromatic N) is 1. The van der Waals surface area contributed by atoms with Gasteiger partial charge >= 0.3 is 0 Å². The molecule has 3 aromatic carbocycles. The Balaban J connectivity index is 1.51. The molecule has 4 nitrogen and oxygen atoms in total. The number of hydrogen-bond acceptors (Lipinski definition) is 3. The zero-order valence-electron chi connectivity index (χ0n) is 14.2. The molecule has 6 heteroatoms. The lowest BCUT2D eigenvalue weighted by atomic mass is 10.2. The van der Waals surface area contributed by atoms with Crippen molar-refractivity contribution in [2.45, 2.75) is 6.61 Å². The summed E-state index contributed by atoms with van der Waals surface area (Å²) in [7, 11) is 0. The third-order valence-electron chi connectivity index (χ3n) is 3.67. The fourth-order valence-corrected chi connectivity index (χ4v) is 2.78. The second-order valence-corrected chi connectivity index (χ2v) is 7.05. The Morgan fingerprint density at radius 2 is 1.81 bits per heavy atom. The van der Waals surface area contributed by atoms with Gasteiger partial charge in [-0.05, 0) is 65.7 Å². The van der Waals surface area contributed by atoms with E-state index in [4.69, 9.17) is 16.3 Å². The van der Waals surface area contributed by atoms with Crippen LogP contribution in [0.3, 0.4) is 0 Å². The van der Waals surface area contributed by atoms with Crippen LogP contribution in [0.25, 0.3) is 0 Å². The van der Waals surface area contributed by atoms with Crippen molar-refractivity contribution >= 4 is 39.7 Å². The lowest BCUT2D eigenvalue weighted by Gasteiger charge is -2.06. The standard InChI is InChI=1S/C21H16BrClN2O2/c22-18-3-1-2-17(12-18)21(26)25-24-13-15-6-10-20(11-7-15)27-14-16-4-8-19(23)9-5-16/h1-13H,14H2,(H,25,26)/b24-13+. The van der Waals surface area contributed by atoms with Gasteiger partial charge in [0.15, 0.2) is 0 Å². The first-order valence-corrected chi connectivity index (χ1v) is 9.33. The van der Waals surface area contributed by atoms with E-state index in [0.29, 0.717) is 17.2 Å². The number of amides is 1. The van der Waals surface area contributed by atoms with Crippen LogP contribution >= 0.6 is 27.5 Å².